The minimum atomic E-state index is -2.10. The summed E-state index contributed by atoms with van der Waals surface area (Å²) in [5.41, 5.74) is -3.66. The van der Waals surface area contributed by atoms with E-state index >= 15 is 0 Å². The third kappa shape index (κ3) is 2.33. The van der Waals surface area contributed by atoms with E-state index in [0.29, 0.717) is 0 Å². The van der Waals surface area contributed by atoms with Crippen LogP contribution >= 0.6 is 0 Å². The zero-order valence-corrected chi connectivity index (χ0v) is 14.6. The first-order valence-corrected chi connectivity index (χ1v) is 7.39. The summed E-state index contributed by atoms with van der Waals surface area (Å²) in [6, 6.07) is 2.70. The van der Waals surface area contributed by atoms with Crippen LogP contribution in [0.15, 0.2) is 21.9 Å². The van der Waals surface area contributed by atoms with E-state index in [1.807, 2.05) is 4.98 Å². The van der Waals surface area contributed by atoms with E-state index in [9.17, 15) is 25.1 Å². The SMILES string of the molecule is N#C[C@@]1(n2ccc(=O)[nH]c2=O)O[C@H](C[O][Tl])[C@@H](O)[C@H]1O. The van der Waals surface area contributed by atoms with Crippen molar-refractivity contribution >= 4 is 26.2 Å². The number of aromatic amines is 1. The van der Waals surface area contributed by atoms with E-state index in [0.717, 1.165) is 16.8 Å². The van der Waals surface area contributed by atoms with Gasteiger partial charge in [-0.25, -0.2) is 0 Å². The molecule has 1 saturated heterocycles. The van der Waals surface area contributed by atoms with Crippen LogP contribution in [0.3, 0.4) is 0 Å². The van der Waals surface area contributed by atoms with Crippen molar-refractivity contribution in [1.29, 1.82) is 5.26 Å². The number of nitrogens with one attached hydrogen (secondary N) is 1. The van der Waals surface area contributed by atoms with E-state index in [4.69, 9.17) is 7.42 Å². The van der Waals surface area contributed by atoms with Crippen LogP contribution in [0.25, 0.3) is 0 Å². The zero-order valence-electron chi connectivity index (χ0n) is 10.1. The molecule has 2 rings (SSSR count). The Balaban J connectivity index is 2.53. The monoisotopic (exact) mass is 473 g/mol. The van der Waals surface area contributed by atoms with Gasteiger partial charge >= 0.3 is 128 Å². The van der Waals surface area contributed by atoms with Crippen LogP contribution in [-0.4, -0.2) is 70.9 Å². The molecule has 10 heteroatoms. The molecule has 0 amide bonds. The number of H-pyrrole nitrogens is 1. The van der Waals surface area contributed by atoms with Crippen molar-refractivity contribution < 1.29 is 17.6 Å². The second-order valence-electron chi connectivity index (χ2n) is 4.21. The Morgan fingerprint density at radius 2 is 2.30 bits per heavy atom. The molecular formula is C10H10N3O6Tl. The second kappa shape index (κ2) is 5.74. The summed E-state index contributed by atoms with van der Waals surface area (Å²) in [6.07, 6.45) is -2.94. The number of nitriles is 1. The first-order chi connectivity index (χ1) is 9.46. The van der Waals surface area contributed by atoms with E-state index in [-0.39, 0.29) is 32.8 Å². The van der Waals surface area contributed by atoms with Crippen LogP contribution in [0.4, 0.5) is 0 Å². The molecule has 0 unspecified atom stereocenters. The number of nitrogens with zero attached hydrogens (tertiary/aromatic N) is 2. The fourth-order valence-corrected chi connectivity index (χ4v) is 2.79. The molecule has 1 fully saturated rings. The van der Waals surface area contributed by atoms with Crippen LogP contribution < -0.4 is 11.2 Å². The van der Waals surface area contributed by atoms with Gasteiger partial charge in [0, 0.05) is 0 Å². The fourth-order valence-electron chi connectivity index (χ4n) is 2.06. The standard InChI is InChI=1S/C10H10N3O6.Tl/c11-4-10(8(17)7(16)5(3-14)19-10)13-2-1-6(15)12-9(13)18;/h1-2,5,7-8,16-17H,3H2,(H,12,15,18);/q-1;+1/t5-,7-,8-,10-;/m1./s1. The summed E-state index contributed by atoms with van der Waals surface area (Å²) in [6.45, 7) is 0.00439. The Kier molecular flexibility index (Phi) is 4.40. The van der Waals surface area contributed by atoms with Crippen molar-refractivity contribution in [1.82, 2.24) is 9.55 Å². The summed E-state index contributed by atoms with van der Waals surface area (Å²) in [5.74, 6) is 0. The maximum atomic E-state index is 11.8. The molecule has 0 radical (unpaired) electrons. The van der Waals surface area contributed by atoms with Gasteiger partial charge in [0.15, 0.2) is 0 Å². The molecule has 20 heavy (non-hydrogen) atoms. The third-order valence-corrected chi connectivity index (χ3v) is 3.79. The molecule has 1 aromatic rings. The zero-order chi connectivity index (χ0) is 14.9. The summed E-state index contributed by atoms with van der Waals surface area (Å²) >= 11 is 0.195. The van der Waals surface area contributed by atoms with Crippen LogP contribution in [0.5, 0.6) is 0 Å². The Bertz CT molecular complexity index is 651. The van der Waals surface area contributed by atoms with Gasteiger partial charge in [0.25, 0.3) is 0 Å². The van der Waals surface area contributed by atoms with Crippen LogP contribution in [0, 0.1) is 11.3 Å². The first-order valence-electron chi connectivity index (χ1n) is 5.55. The van der Waals surface area contributed by atoms with Crippen LogP contribution in [0.1, 0.15) is 0 Å². The van der Waals surface area contributed by atoms with Gasteiger partial charge in [0.05, 0.1) is 0 Å². The molecule has 3 N–H and O–H groups in total. The molecule has 4 atom stereocenters. The molecular weight excluding hydrogens is 463 g/mol. The minimum absolute atomic E-state index is 0.00439. The maximum absolute atomic E-state index is 11.8. The number of aliphatic hydroxyl groups excluding tert-OH is 2. The Morgan fingerprint density at radius 3 is 2.85 bits per heavy atom. The summed E-state index contributed by atoms with van der Waals surface area (Å²) < 4.78 is 11.1. The van der Waals surface area contributed by atoms with Gasteiger partial charge in [-0.3, -0.25) is 0 Å². The van der Waals surface area contributed by atoms with Gasteiger partial charge in [-0.15, -0.1) is 0 Å². The molecule has 0 spiro atoms. The van der Waals surface area contributed by atoms with Gasteiger partial charge in [0.2, 0.25) is 0 Å². The molecule has 1 aliphatic rings. The number of aromatic nitrogens is 2. The van der Waals surface area contributed by atoms with Crippen molar-refractivity contribution in [2.75, 3.05) is 6.61 Å². The molecule has 1 aromatic heterocycles. The van der Waals surface area contributed by atoms with Crippen LogP contribution in [0.2, 0.25) is 0 Å². The first kappa shape index (κ1) is 15.3. The topological polar surface area (TPSA) is 138 Å². The molecule has 2 heterocycles. The number of hydrogen-bond acceptors (Lipinski definition) is 7. The summed E-state index contributed by atoms with van der Waals surface area (Å²) in [4.78, 5) is 24.8. The molecule has 0 aliphatic carbocycles. The third-order valence-electron chi connectivity index (χ3n) is 3.04. The molecule has 0 bridgehead atoms. The summed E-state index contributed by atoms with van der Waals surface area (Å²) in [7, 11) is 0. The van der Waals surface area contributed by atoms with Crippen LogP contribution in [-0.2, 0) is 13.1 Å². The van der Waals surface area contributed by atoms with Gasteiger partial charge in [-0.2, -0.15) is 0 Å². The Labute approximate surface area is 128 Å². The molecule has 9 nitrogen and oxygen atoms in total. The van der Waals surface area contributed by atoms with Crippen molar-refractivity contribution in [3.8, 4) is 6.07 Å². The van der Waals surface area contributed by atoms with Crippen molar-refractivity contribution in [3.63, 3.8) is 0 Å². The number of hydrogen-bond donors (Lipinski definition) is 3. The molecule has 1 aliphatic heterocycles. The Hall–Kier alpha value is -1.07. The average molecular weight is 473 g/mol. The Morgan fingerprint density at radius 1 is 1.60 bits per heavy atom. The van der Waals surface area contributed by atoms with E-state index in [2.05, 4.69) is 0 Å². The van der Waals surface area contributed by atoms with Gasteiger partial charge in [-0.05, 0) is 0 Å². The molecule has 0 saturated carbocycles. The number of rotatable bonds is 3. The predicted octanol–water partition coefficient (Wildman–Crippen LogP) is -3.07. The molecule has 0 aromatic carbocycles. The predicted molar refractivity (Wildman–Crippen MR) is 63.5 cm³/mol. The van der Waals surface area contributed by atoms with E-state index < -0.39 is 35.3 Å². The average Bonchev–Trinajstić information content (AvgIpc) is 2.65. The quantitative estimate of drug-likeness (QED) is 0.397. The van der Waals surface area contributed by atoms with Crippen molar-refractivity contribution in [3.05, 3.63) is 33.1 Å². The fraction of sp³-hybridized carbons (Fsp3) is 0.500. The normalized spacial score (nSPS) is 32.9. The summed E-state index contributed by atoms with van der Waals surface area (Å²) in [5, 5.41) is 29.3. The van der Waals surface area contributed by atoms with Gasteiger partial charge < -0.3 is 0 Å². The number of ether oxygens (including phenoxy) is 1. The van der Waals surface area contributed by atoms with Gasteiger partial charge in [-0.1, -0.05) is 0 Å². The van der Waals surface area contributed by atoms with E-state index in [1.54, 1.807) is 6.07 Å². The van der Waals surface area contributed by atoms with Crippen molar-refractivity contribution in [2.24, 2.45) is 0 Å². The number of aliphatic hydroxyl groups is 2. The molecule has 104 valence electrons. The van der Waals surface area contributed by atoms with Gasteiger partial charge in [0.1, 0.15) is 0 Å². The van der Waals surface area contributed by atoms with E-state index in [1.165, 1.54) is 0 Å². The van der Waals surface area contributed by atoms with Crippen molar-refractivity contribution in [2.45, 2.75) is 24.0 Å². The second-order valence-corrected chi connectivity index (χ2v) is 5.51.